The summed E-state index contributed by atoms with van der Waals surface area (Å²) in [5, 5.41) is 1.37. The Balaban J connectivity index is 1.35. The third-order valence-corrected chi connectivity index (χ3v) is 5.92. The summed E-state index contributed by atoms with van der Waals surface area (Å²) in [7, 11) is 0. The quantitative estimate of drug-likeness (QED) is 0.606. The maximum absolute atomic E-state index is 12.4. The molecule has 27 heavy (non-hydrogen) atoms. The molecule has 0 bridgehead atoms. The third kappa shape index (κ3) is 3.96. The second-order valence-electron chi connectivity index (χ2n) is 6.45. The van der Waals surface area contributed by atoms with E-state index in [0.29, 0.717) is 18.1 Å². The number of benzene rings is 2. The monoisotopic (exact) mass is 400 g/mol. The number of hydrogen-bond acceptors (Lipinski definition) is 5. The Kier molecular flexibility index (Phi) is 5.09. The first-order chi connectivity index (χ1) is 13.1. The lowest BCUT2D eigenvalue weighted by molar-refractivity contribution is -0.149. The Morgan fingerprint density at radius 2 is 2.00 bits per heavy atom. The SMILES string of the molecule is O=C(OCc1nc2ccccc2s1)[C@H]1CC(=O)N(Cc2ccccc2Cl)C1. The molecule has 5 nitrogen and oxygen atoms in total. The molecular formula is C20H17ClN2O3S. The van der Waals surface area contributed by atoms with Crippen LogP contribution >= 0.6 is 22.9 Å². The van der Waals surface area contributed by atoms with Gasteiger partial charge < -0.3 is 9.64 Å². The number of amides is 1. The second-order valence-corrected chi connectivity index (χ2v) is 7.97. The highest BCUT2D eigenvalue weighted by Gasteiger charge is 2.35. The van der Waals surface area contributed by atoms with Gasteiger partial charge in [0.15, 0.2) is 0 Å². The largest absolute Gasteiger partial charge is 0.458 e. The number of hydrogen-bond donors (Lipinski definition) is 0. The normalized spacial score (nSPS) is 16.9. The summed E-state index contributed by atoms with van der Waals surface area (Å²) >= 11 is 7.67. The van der Waals surface area contributed by atoms with E-state index in [1.54, 1.807) is 11.0 Å². The van der Waals surface area contributed by atoms with Gasteiger partial charge in [-0.3, -0.25) is 9.59 Å². The van der Waals surface area contributed by atoms with Crippen LogP contribution in [0.2, 0.25) is 5.02 Å². The molecule has 0 radical (unpaired) electrons. The van der Waals surface area contributed by atoms with Crippen LogP contribution in [-0.4, -0.2) is 28.3 Å². The Morgan fingerprint density at radius 3 is 2.81 bits per heavy atom. The second kappa shape index (κ2) is 7.66. The van der Waals surface area contributed by atoms with Crippen molar-refractivity contribution in [2.45, 2.75) is 19.6 Å². The number of halogens is 1. The van der Waals surface area contributed by atoms with E-state index in [4.69, 9.17) is 16.3 Å². The number of likely N-dealkylation sites (tertiary alicyclic amines) is 1. The van der Waals surface area contributed by atoms with Crippen molar-refractivity contribution in [3.05, 3.63) is 64.1 Å². The lowest BCUT2D eigenvalue weighted by Crippen LogP contribution is -2.26. The summed E-state index contributed by atoms with van der Waals surface area (Å²) in [6, 6.07) is 15.2. The van der Waals surface area contributed by atoms with Crippen LogP contribution in [0.15, 0.2) is 48.5 Å². The van der Waals surface area contributed by atoms with Crippen LogP contribution in [0.25, 0.3) is 10.2 Å². The van der Waals surface area contributed by atoms with Gasteiger partial charge in [0.2, 0.25) is 5.91 Å². The molecule has 0 unspecified atom stereocenters. The summed E-state index contributed by atoms with van der Waals surface area (Å²) in [4.78, 5) is 30.8. The Bertz CT molecular complexity index is 971. The van der Waals surface area contributed by atoms with E-state index in [1.807, 2.05) is 42.5 Å². The van der Waals surface area contributed by atoms with E-state index in [1.165, 1.54) is 11.3 Å². The third-order valence-electron chi connectivity index (χ3n) is 4.54. The number of thiazole rings is 1. The standard InChI is InChI=1S/C20H17ClN2O3S/c21-15-6-2-1-5-13(15)10-23-11-14(9-19(23)24)20(25)26-12-18-22-16-7-3-4-8-17(16)27-18/h1-8,14H,9-12H2/t14-/m0/s1. The molecule has 138 valence electrons. The van der Waals surface area contributed by atoms with E-state index < -0.39 is 5.92 Å². The molecule has 0 aliphatic carbocycles. The smallest absolute Gasteiger partial charge is 0.311 e. The molecule has 1 atom stereocenters. The zero-order chi connectivity index (χ0) is 18.8. The summed E-state index contributed by atoms with van der Waals surface area (Å²) in [5.74, 6) is -0.865. The molecule has 1 saturated heterocycles. The van der Waals surface area contributed by atoms with Crippen molar-refractivity contribution in [2.75, 3.05) is 6.54 Å². The van der Waals surface area contributed by atoms with Crippen LogP contribution < -0.4 is 0 Å². The Hall–Kier alpha value is -2.44. The van der Waals surface area contributed by atoms with E-state index in [2.05, 4.69) is 4.98 Å². The molecule has 1 fully saturated rings. The van der Waals surface area contributed by atoms with E-state index in [9.17, 15) is 9.59 Å². The van der Waals surface area contributed by atoms with Crippen molar-refractivity contribution >= 4 is 45.0 Å². The van der Waals surface area contributed by atoms with Crippen LogP contribution in [-0.2, 0) is 27.5 Å². The molecule has 1 aromatic heterocycles. The van der Waals surface area contributed by atoms with Gasteiger partial charge in [0.25, 0.3) is 0 Å². The van der Waals surface area contributed by atoms with Gasteiger partial charge in [0, 0.05) is 24.5 Å². The molecule has 0 spiro atoms. The number of rotatable bonds is 5. The molecular weight excluding hydrogens is 384 g/mol. The predicted octanol–water partition coefficient (Wildman–Crippen LogP) is 4.04. The molecule has 1 aliphatic rings. The summed E-state index contributed by atoms with van der Waals surface area (Å²) in [6.45, 7) is 0.885. The van der Waals surface area contributed by atoms with E-state index >= 15 is 0 Å². The van der Waals surface area contributed by atoms with Crippen LogP contribution in [0, 0.1) is 5.92 Å². The molecule has 0 N–H and O–H groups in total. The number of carbonyl (C=O) groups excluding carboxylic acids is 2. The number of fused-ring (bicyclic) bond motifs is 1. The van der Waals surface area contributed by atoms with Gasteiger partial charge in [-0.1, -0.05) is 41.9 Å². The van der Waals surface area contributed by atoms with Crippen LogP contribution in [0.4, 0.5) is 0 Å². The zero-order valence-electron chi connectivity index (χ0n) is 14.4. The van der Waals surface area contributed by atoms with Gasteiger partial charge in [-0.25, -0.2) is 4.98 Å². The highest BCUT2D eigenvalue weighted by Crippen LogP contribution is 2.26. The molecule has 1 amide bonds. The molecule has 2 heterocycles. The van der Waals surface area contributed by atoms with Gasteiger partial charge in [0.1, 0.15) is 11.6 Å². The first kappa shape index (κ1) is 17.9. The van der Waals surface area contributed by atoms with Crippen molar-refractivity contribution in [2.24, 2.45) is 5.92 Å². The average Bonchev–Trinajstić information content (AvgIpc) is 3.25. The highest BCUT2D eigenvalue weighted by molar-refractivity contribution is 7.18. The van der Waals surface area contributed by atoms with Crippen molar-refractivity contribution in [1.29, 1.82) is 0 Å². The molecule has 2 aromatic carbocycles. The van der Waals surface area contributed by atoms with E-state index in [-0.39, 0.29) is 24.9 Å². The fraction of sp³-hybridized carbons (Fsp3) is 0.250. The lowest BCUT2D eigenvalue weighted by atomic mass is 10.1. The zero-order valence-corrected chi connectivity index (χ0v) is 16.0. The van der Waals surface area contributed by atoms with Gasteiger partial charge in [-0.05, 0) is 23.8 Å². The molecule has 7 heteroatoms. The van der Waals surface area contributed by atoms with Crippen molar-refractivity contribution < 1.29 is 14.3 Å². The van der Waals surface area contributed by atoms with Gasteiger partial charge in [0.05, 0.1) is 16.1 Å². The number of ether oxygens (including phenoxy) is 1. The van der Waals surface area contributed by atoms with Crippen LogP contribution in [0.1, 0.15) is 17.0 Å². The number of esters is 1. The fourth-order valence-corrected chi connectivity index (χ4v) is 4.22. The summed E-state index contributed by atoms with van der Waals surface area (Å²) < 4.78 is 6.48. The van der Waals surface area contributed by atoms with Crippen molar-refractivity contribution in [3.8, 4) is 0 Å². The summed E-state index contributed by atoms with van der Waals surface area (Å²) in [5.41, 5.74) is 1.77. The molecule has 0 saturated carbocycles. The minimum Gasteiger partial charge on any atom is -0.458 e. The minimum atomic E-state index is -0.450. The topological polar surface area (TPSA) is 59.5 Å². The number of carbonyl (C=O) groups is 2. The number of aromatic nitrogens is 1. The molecule has 3 aromatic rings. The average molecular weight is 401 g/mol. The Morgan fingerprint density at radius 1 is 1.22 bits per heavy atom. The summed E-state index contributed by atoms with van der Waals surface area (Å²) in [6.07, 6.45) is 0.170. The number of nitrogens with zero attached hydrogens (tertiary/aromatic N) is 2. The van der Waals surface area contributed by atoms with Crippen LogP contribution in [0.3, 0.4) is 0 Å². The lowest BCUT2D eigenvalue weighted by Gasteiger charge is -2.17. The first-order valence-corrected chi connectivity index (χ1v) is 9.82. The minimum absolute atomic E-state index is 0.0585. The molecule has 1 aliphatic heterocycles. The Labute approximate surface area is 165 Å². The predicted molar refractivity (Wildman–Crippen MR) is 104 cm³/mol. The van der Waals surface area contributed by atoms with Gasteiger partial charge in [-0.2, -0.15) is 0 Å². The maximum Gasteiger partial charge on any atom is 0.311 e. The first-order valence-electron chi connectivity index (χ1n) is 8.62. The van der Waals surface area contributed by atoms with Crippen LogP contribution in [0.5, 0.6) is 0 Å². The van der Waals surface area contributed by atoms with Crippen molar-refractivity contribution in [1.82, 2.24) is 9.88 Å². The fourth-order valence-electron chi connectivity index (χ4n) is 3.15. The maximum atomic E-state index is 12.4. The van der Waals surface area contributed by atoms with Gasteiger partial charge >= 0.3 is 5.97 Å². The van der Waals surface area contributed by atoms with Crippen molar-refractivity contribution in [3.63, 3.8) is 0 Å². The molecule has 4 rings (SSSR count). The highest BCUT2D eigenvalue weighted by atomic mass is 35.5. The van der Waals surface area contributed by atoms with E-state index in [0.717, 1.165) is 20.8 Å². The van der Waals surface area contributed by atoms with Gasteiger partial charge in [-0.15, -0.1) is 11.3 Å². The number of para-hydroxylation sites is 1.